The molecule has 2 aromatic rings. The first-order valence-corrected chi connectivity index (χ1v) is 5.63. The number of terminal acetylenes is 1. The van der Waals surface area contributed by atoms with Crippen molar-refractivity contribution in [2.24, 2.45) is 0 Å². The van der Waals surface area contributed by atoms with Crippen molar-refractivity contribution in [2.75, 3.05) is 6.54 Å². The van der Waals surface area contributed by atoms with Crippen LogP contribution in [0.3, 0.4) is 0 Å². The van der Waals surface area contributed by atoms with E-state index < -0.39 is 0 Å². The lowest BCUT2D eigenvalue weighted by atomic mass is 10.1. The molecule has 0 spiro atoms. The van der Waals surface area contributed by atoms with Gasteiger partial charge in [0.1, 0.15) is 0 Å². The van der Waals surface area contributed by atoms with Gasteiger partial charge >= 0.3 is 0 Å². The van der Waals surface area contributed by atoms with Crippen LogP contribution in [-0.4, -0.2) is 16.7 Å². The van der Waals surface area contributed by atoms with Crippen LogP contribution in [0, 0.1) is 12.3 Å². The molecular formula is C14H15N3. The quantitative estimate of drug-likeness (QED) is 0.605. The van der Waals surface area contributed by atoms with E-state index in [4.69, 9.17) is 6.42 Å². The molecule has 0 aliphatic rings. The summed E-state index contributed by atoms with van der Waals surface area (Å²) in [7, 11) is 0. The molecule has 0 saturated heterocycles. The Morgan fingerprint density at radius 1 is 1.29 bits per heavy atom. The van der Waals surface area contributed by atoms with Crippen LogP contribution in [0.2, 0.25) is 0 Å². The first-order valence-electron chi connectivity index (χ1n) is 5.63. The van der Waals surface area contributed by atoms with Crippen LogP contribution in [0.5, 0.6) is 0 Å². The minimum absolute atomic E-state index is 0.749. The second-order valence-corrected chi connectivity index (χ2v) is 3.77. The first kappa shape index (κ1) is 11.4. The fraction of sp³-hybridized carbons (Fsp3) is 0.214. The van der Waals surface area contributed by atoms with Gasteiger partial charge in [0, 0.05) is 25.1 Å². The summed E-state index contributed by atoms with van der Waals surface area (Å²) >= 11 is 0. The molecule has 3 heteroatoms. The Labute approximate surface area is 101 Å². The molecule has 17 heavy (non-hydrogen) atoms. The summed E-state index contributed by atoms with van der Waals surface area (Å²) in [5.41, 5.74) is 3.38. The van der Waals surface area contributed by atoms with Crippen molar-refractivity contribution < 1.29 is 0 Å². The average molecular weight is 225 g/mol. The van der Waals surface area contributed by atoms with Gasteiger partial charge in [0.15, 0.2) is 0 Å². The molecule has 3 nitrogen and oxygen atoms in total. The fourth-order valence-corrected chi connectivity index (χ4v) is 1.68. The maximum atomic E-state index is 5.20. The lowest BCUT2D eigenvalue weighted by Crippen LogP contribution is -2.14. The van der Waals surface area contributed by atoms with Gasteiger partial charge in [-0.1, -0.05) is 30.3 Å². The van der Waals surface area contributed by atoms with Crippen molar-refractivity contribution in [1.82, 2.24) is 15.5 Å². The number of hydrogen-bond donors (Lipinski definition) is 2. The van der Waals surface area contributed by atoms with Gasteiger partial charge in [-0.3, -0.25) is 5.10 Å². The van der Waals surface area contributed by atoms with E-state index in [1.54, 1.807) is 0 Å². The second-order valence-electron chi connectivity index (χ2n) is 3.77. The molecule has 2 rings (SSSR count). The molecule has 0 aliphatic carbocycles. The number of rotatable bonds is 5. The third-order valence-corrected chi connectivity index (χ3v) is 2.54. The highest BCUT2D eigenvalue weighted by Crippen LogP contribution is 2.20. The molecule has 1 heterocycles. The van der Waals surface area contributed by atoms with Gasteiger partial charge in [0.05, 0.1) is 11.9 Å². The van der Waals surface area contributed by atoms with Crippen molar-refractivity contribution >= 4 is 0 Å². The zero-order chi connectivity index (χ0) is 11.9. The normalized spacial score (nSPS) is 10.1. The topological polar surface area (TPSA) is 40.7 Å². The number of aromatic amines is 1. The largest absolute Gasteiger partial charge is 0.312 e. The molecule has 0 fully saturated rings. The zero-order valence-electron chi connectivity index (χ0n) is 9.61. The molecule has 0 atom stereocenters. The highest BCUT2D eigenvalue weighted by atomic mass is 15.1. The number of aromatic nitrogens is 2. The molecule has 1 aromatic heterocycles. The Balaban J connectivity index is 2.05. The molecule has 0 bridgehead atoms. The third-order valence-electron chi connectivity index (χ3n) is 2.54. The molecule has 0 radical (unpaired) electrons. The Morgan fingerprint density at radius 3 is 2.88 bits per heavy atom. The highest BCUT2D eigenvalue weighted by Gasteiger charge is 2.06. The van der Waals surface area contributed by atoms with Gasteiger partial charge in [-0.05, 0) is 5.56 Å². The Bertz CT molecular complexity index is 494. The molecule has 86 valence electrons. The lowest BCUT2D eigenvalue weighted by Gasteiger charge is -2.04. The molecule has 1 aromatic carbocycles. The molecular weight excluding hydrogens is 210 g/mol. The van der Waals surface area contributed by atoms with Crippen LogP contribution in [0.4, 0.5) is 0 Å². The monoisotopic (exact) mass is 225 g/mol. The van der Waals surface area contributed by atoms with E-state index in [9.17, 15) is 0 Å². The molecule has 0 amide bonds. The average Bonchev–Trinajstić information content (AvgIpc) is 2.84. The Kier molecular flexibility index (Phi) is 3.95. The Morgan fingerprint density at radius 2 is 2.12 bits per heavy atom. The van der Waals surface area contributed by atoms with E-state index >= 15 is 0 Å². The molecule has 0 unspecified atom stereocenters. The minimum atomic E-state index is 0.749. The highest BCUT2D eigenvalue weighted by molar-refractivity contribution is 5.62. The molecule has 0 aliphatic heterocycles. The number of nitrogens with one attached hydrogen (secondary N) is 2. The Hall–Kier alpha value is -2.05. The van der Waals surface area contributed by atoms with Gasteiger partial charge < -0.3 is 5.32 Å². The fourth-order valence-electron chi connectivity index (χ4n) is 1.68. The SMILES string of the molecule is C#CCCNCc1cn[nH]c1-c1ccccc1. The summed E-state index contributed by atoms with van der Waals surface area (Å²) in [5, 5.41) is 10.4. The summed E-state index contributed by atoms with van der Waals surface area (Å²) in [6.07, 6.45) is 7.80. The van der Waals surface area contributed by atoms with Crippen molar-refractivity contribution in [3.63, 3.8) is 0 Å². The standard InChI is InChI=1S/C14H15N3/c1-2-3-9-15-10-13-11-16-17-14(13)12-7-5-4-6-8-12/h1,4-8,11,15H,3,9-10H2,(H,16,17). The van der Waals surface area contributed by atoms with E-state index in [2.05, 4.69) is 33.6 Å². The van der Waals surface area contributed by atoms with Crippen LogP contribution in [-0.2, 0) is 6.54 Å². The first-order chi connectivity index (χ1) is 8.42. The number of benzene rings is 1. The number of H-pyrrole nitrogens is 1. The van der Waals surface area contributed by atoms with Crippen LogP contribution in [0.15, 0.2) is 36.5 Å². The third kappa shape index (κ3) is 2.96. The van der Waals surface area contributed by atoms with Crippen molar-refractivity contribution in [1.29, 1.82) is 0 Å². The summed E-state index contributed by atoms with van der Waals surface area (Å²) < 4.78 is 0. The summed E-state index contributed by atoms with van der Waals surface area (Å²) in [6.45, 7) is 1.61. The summed E-state index contributed by atoms with van der Waals surface area (Å²) in [5.74, 6) is 2.61. The van der Waals surface area contributed by atoms with E-state index in [-0.39, 0.29) is 0 Å². The maximum Gasteiger partial charge on any atom is 0.0695 e. The maximum absolute atomic E-state index is 5.20. The minimum Gasteiger partial charge on any atom is -0.312 e. The number of hydrogen-bond acceptors (Lipinski definition) is 2. The van der Waals surface area contributed by atoms with Gasteiger partial charge in [-0.2, -0.15) is 5.10 Å². The van der Waals surface area contributed by atoms with Gasteiger partial charge in [0.25, 0.3) is 0 Å². The van der Waals surface area contributed by atoms with Gasteiger partial charge in [-0.25, -0.2) is 0 Å². The predicted octanol–water partition coefficient (Wildman–Crippen LogP) is 2.19. The van der Waals surface area contributed by atoms with E-state index in [0.29, 0.717) is 0 Å². The van der Waals surface area contributed by atoms with Crippen LogP contribution < -0.4 is 5.32 Å². The zero-order valence-corrected chi connectivity index (χ0v) is 9.61. The van der Waals surface area contributed by atoms with Crippen LogP contribution >= 0.6 is 0 Å². The van der Waals surface area contributed by atoms with Crippen LogP contribution in [0.25, 0.3) is 11.3 Å². The van der Waals surface area contributed by atoms with Crippen molar-refractivity contribution in [3.8, 4) is 23.6 Å². The van der Waals surface area contributed by atoms with Crippen molar-refractivity contribution in [3.05, 3.63) is 42.1 Å². The van der Waals surface area contributed by atoms with E-state index in [1.807, 2.05) is 24.4 Å². The molecule has 2 N–H and O–H groups in total. The van der Waals surface area contributed by atoms with E-state index in [1.165, 1.54) is 0 Å². The number of nitrogens with zero attached hydrogens (tertiary/aromatic N) is 1. The summed E-state index contributed by atoms with van der Waals surface area (Å²) in [6, 6.07) is 10.2. The lowest BCUT2D eigenvalue weighted by molar-refractivity contribution is 0.702. The second kappa shape index (κ2) is 5.88. The van der Waals surface area contributed by atoms with Gasteiger partial charge in [0.2, 0.25) is 0 Å². The predicted molar refractivity (Wildman–Crippen MR) is 69.2 cm³/mol. The summed E-state index contributed by atoms with van der Waals surface area (Å²) in [4.78, 5) is 0. The van der Waals surface area contributed by atoms with E-state index in [0.717, 1.165) is 36.3 Å². The van der Waals surface area contributed by atoms with Crippen LogP contribution in [0.1, 0.15) is 12.0 Å². The van der Waals surface area contributed by atoms with Gasteiger partial charge in [-0.15, -0.1) is 12.3 Å². The smallest absolute Gasteiger partial charge is 0.0695 e. The van der Waals surface area contributed by atoms with Crippen molar-refractivity contribution in [2.45, 2.75) is 13.0 Å². The molecule has 0 saturated carbocycles.